The fourth-order valence-electron chi connectivity index (χ4n) is 1.92. The van der Waals surface area contributed by atoms with E-state index >= 15 is 0 Å². The summed E-state index contributed by atoms with van der Waals surface area (Å²) in [5, 5.41) is 12.2. The van der Waals surface area contributed by atoms with Crippen LogP contribution in [0.15, 0.2) is 0 Å². The molecular formula is C11H21NO2. The van der Waals surface area contributed by atoms with Crippen LogP contribution in [0.5, 0.6) is 0 Å². The Labute approximate surface area is 85.9 Å². The number of carbonyl (C=O) groups is 1. The summed E-state index contributed by atoms with van der Waals surface area (Å²) in [6.07, 6.45) is 5.34. The van der Waals surface area contributed by atoms with Crippen LogP contribution in [0, 0.1) is 5.92 Å². The molecule has 3 heteroatoms. The van der Waals surface area contributed by atoms with Crippen molar-refractivity contribution in [3.8, 4) is 0 Å². The topological polar surface area (TPSA) is 49.3 Å². The lowest BCUT2D eigenvalue weighted by Crippen LogP contribution is -2.31. The van der Waals surface area contributed by atoms with E-state index in [1.807, 2.05) is 6.92 Å². The van der Waals surface area contributed by atoms with Gasteiger partial charge in [-0.15, -0.1) is 0 Å². The minimum Gasteiger partial charge on any atom is -0.393 e. The normalized spacial score (nSPS) is 27.3. The van der Waals surface area contributed by atoms with Gasteiger partial charge in [0.05, 0.1) is 6.10 Å². The highest BCUT2D eigenvalue weighted by atomic mass is 16.3. The number of hydrogen-bond donors (Lipinski definition) is 2. The van der Waals surface area contributed by atoms with Crippen LogP contribution in [0.4, 0.5) is 0 Å². The predicted molar refractivity (Wildman–Crippen MR) is 55.9 cm³/mol. The fraction of sp³-hybridized carbons (Fsp3) is 0.909. The number of nitrogens with one attached hydrogen (secondary N) is 1. The smallest absolute Gasteiger partial charge is 0.219 e. The van der Waals surface area contributed by atoms with Crippen molar-refractivity contribution in [2.24, 2.45) is 5.92 Å². The molecule has 2 N–H and O–H groups in total. The highest BCUT2D eigenvalue weighted by Gasteiger charge is 2.19. The third kappa shape index (κ3) is 4.09. The summed E-state index contributed by atoms with van der Waals surface area (Å²) in [5.74, 6) is 0.748. The summed E-state index contributed by atoms with van der Waals surface area (Å²) in [4.78, 5) is 11.2. The van der Waals surface area contributed by atoms with Gasteiger partial charge < -0.3 is 10.4 Å². The van der Waals surface area contributed by atoms with Crippen molar-refractivity contribution in [3.63, 3.8) is 0 Å². The van der Waals surface area contributed by atoms with E-state index in [0.717, 1.165) is 38.6 Å². The molecule has 0 bridgehead atoms. The fourth-order valence-corrected chi connectivity index (χ4v) is 1.92. The van der Waals surface area contributed by atoms with Crippen LogP contribution in [-0.2, 0) is 4.79 Å². The molecule has 0 radical (unpaired) electrons. The molecule has 1 aliphatic rings. The standard InChI is InChI=1S/C11H21NO2/c1-2-3-11(14)12-8-9-4-6-10(13)7-5-9/h9-10,13H,2-8H2,1H3,(H,12,14). The van der Waals surface area contributed by atoms with Gasteiger partial charge in [0.25, 0.3) is 0 Å². The van der Waals surface area contributed by atoms with Crippen molar-refractivity contribution in [1.82, 2.24) is 5.32 Å². The van der Waals surface area contributed by atoms with Crippen molar-refractivity contribution in [2.45, 2.75) is 51.6 Å². The minimum atomic E-state index is -0.0995. The highest BCUT2D eigenvalue weighted by Crippen LogP contribution is 2.23. The molecule has 3 nitrogen and oxygen atoms in total. The number of hydrogen-bond acceptors (Lipinski definition) is 2. The zero-order chi connectivity index (χ0) is 10.4. The zero-order valence-corrected chi connectivity index (χ0v) is 8.96. The summed E-state index contributed by atoms with van der Waals surface area (Å²) < 4.78 is 0. The third-order valence-electron chi connectivity index (χ3n) is 2.88. The second-order valence-corrected chi connectivity index (χ2v) is 4.23. The monoisotopic (exact) mass is 199 g/mol. The van der Waals surface area contributed by atoms with Crippen molar-refractivity contribution in [2.75, 3.05) is 6.54 Å². The first-order valence-electron chi connectivity index (χ1n) is 5.67. The molecule has 1 rings (SSSR count). The first kappa shape index (κ1) is 11.5. The van der Waals surface area contributed by atoms with Crippen molar-refractivity contribution < 1.29 is 9.90 Å². The minimum absolute atomic E-state index is 0.0995. The van der Waals surface area contributed by atoms with Gasteiger partial charge in [-0.2, -0.15) is 0 Å². The van der Waals surface area contributed by atoms with E-state index in [9.17, 15) is 9.90 Å². The molecule has 1 fully saturated rings. The van der Waals surface area contributed by atoms with Gasteiger partial charge in [0.1, 0.15) is 0 Å². The van der Waals surface area contributed by atoms with E-state index in [1.165, 1.54) is 0 Å². The third-order valence-corrected chi connectivity index (χ3v) is 2.88. The molecule has 1 aliphatic carbocycles. The van der Waals surface area contributed by atoms with Crippen LogP contribution in [0.2, 0.25) is 0 Å². The molecule has 14 heavy (non-hydrogen) atoms. The summed E-state index contributed by atoms with van der Waals surface area (Å²) in [6, 6.07) is 0. The SMILES string of the molecule is CCCC(=O)NCC1CCC(O)CC1. The molecule has 0 unspecified atom stereocenters. The molecule has 0 aromatic heterocycles. The molecule has 1 saturated carbocycles. The van der Waals surface area contributed by atoms with E-state index in [4.69, 9.17) is 0 Å². The van der Waals surface area contributed by atoms with Crippen LogP contribution >= 0.6 is 0 Å². The summed E-state index contributed by atoms with van der Waals surface area (Å²) in [7, 11) is 0. The highest BCUT2D eigenvalue weighted by molar-refractivity contribution is 5.75. The molecule has 0 saturated heterocycles. The molecule has 0 aromatic rings. The summed E-state index contributed by atoms with van der Waals surface area (Å²) in [6.45, 7) is 2.81. The maximum absolute atomic E-state index is 11.2. The van der Waals surface area contributed by atoms with Crippen LogP contribution in [0.3, 0.4) is 0 Å². The lowest BCUT2D eigenvalue weighted by Gasteiger charge is -2.25. The van der Waals surface area contributed by atoms with E-state index < -0.39 is 0 Å². The summed E-state index contributed by atoms with van der Waals surface area (Å²) >= 11 is 0. The van der Waals surface area contributed by atoms with E-state index in [-0.39, 0.29) is 12.0 Å². The van der Waals surface area contributed by atoms with E-state index in [2.05, 4.69) is 5.32 Å². The first-order valence-corrected chi connectivity index (χ1v) is 5.67. The Hall–Kier alpha value is -0.570. The Morgan fingerprint density at radius 2 is 2.00 bits per heavy atom. The maximum atomic E-state index is 11.2. The van der Waals surface area contributed by atoms with Crippen molar-refractivity contribution >= 4 is 5.91 Å². The van der Waals surface area contributed by atoms with Crippen LogP contribution in [0.1, 0.15) is 45.4 Å². The van der Waals surface area contributed by atoms with Crippen LogP contribution in [0.25, 0.3) is 0 Å². The zero-order valence-electron chi connectivity index (χ0n) is 8.96. The summed E-state index contributed by atoms with van der Waals surface area (Å²) in [5.41, 5.74) is 0. The molecule has 0 atom stereocenters. The lowest BCUT2D eigenvalue weighted by molar-refractivity contribution is -0.121. The van der Waals surface area contributed by atoms with Gasteiger partial charge in [-0.25, -0.2) is 0 Å². The van der Waals surface area contributed by atoms with Gasteiger partial charge in [-0.1, -0.05) is 6.92 Å². The second-order valence-electron chi connectivity index (χ2n) is 4.23. The van der Waals surface area contributed by atoms with E-state index in [1.54, 1.807) is 0 Å². The van der Waals surface area contributed by atoms with Gasteiger partial charge >= 0.3 is 0 Å². The molecular weight excluding hydrogens is 178 g/mol. The number of aliphatic hydroxyl groups excluding tert-OH is 1. The molecule has 0 heterocycles. The average Bonchev–Trinajstić information content (AvgIpc) is 2.17. The predicted octanol–water partition coefficient (Wildman–Crippen LogP) is 1.45. The molecule has 0 aliphatic heterocycles. The Kier molecular flexibility index (Phi) is 4.94. The average molecular weight is 199 g/mol. The van der Waals surface area contributed by atoms with Gasteiger partial charge in [0.2, 0.25) is 5.91 Å². The largest absolute Gasteiger partial charge is 0.393 e. The maximum Gasteiger partial charge on any atom is 0.219 e. The van der Waals surface area contributed by atoms with Gasteiger partial charge in [0.15, 0.2) is 0 Å². The number of rotatable bonds is 4. The van der Waals surface area contributed by atoms with Crippen molar-refractivity contribution in [3.05, 3.63) is 0 Å². The first-order chi connectivity index (χ1) is 6.72. The van der Waals surface area contributed by atoms with Crippen LogP contribution in [-0.4, -0.2) is 23.7 Å². The number of aliphatic hydroxyl groups is 1. The Morgan fingerprint density at radius 1 is 1.36 bits per heavy atom. The Bertz CT molecular complexity index is 174. The van der Waals surface area contributed by atoms with Crippen LogP contribution < -0.4 is 5.32 Å². The van der Waals surface area contributed by atoms with Gasteiger partial charge in [-0.05, 0) is 38.0 Å². The van der Waals surface area contributed by atoms with Gasteiger partial charge in [-0.3, -0.25) is 4.79 Å². The molecule has 82 valence electrons. The Morgan fingerprint density at radius 3 is 2.57 bits per heavy atom. The van der Waals surface area contributed by atoms with Gasteiger partial charge in [0, 0.05) is 13.0 Å². The molecule has 1 amide bonds. The van der Waals surface area contributed by atoms with Crippen molar-refractivity contribution in [1.29, 1.82) is 0 Å². The molecule has 0 spiro atoms. The Balaban J connectivity index is 2.09. The second kappa shape index (κ2) is 6.02. The quantitative estimate of drug-likeness (QED) is 0.720. The number of carbonyl (C=O) groups excluding carboxylic acids is 1. The number of amides is 1. The molecule has 0 aromatic carbocycles. The van der Waals surface area contributed by atoms with E-state index in [0.29, 0.717) is 12.3 Å². The lowest BCUT2D eigenvalue weighted by atomic mass is 9.87.